The van der Waals surface area contributed by atoms with E-state index in [0.29, 0.717) is 28.4 Å². The van der Waals surface area contributed by atoms with E-state index in [-0.39, 0.29) is 11.5 Å². The van der Waals surface area contributed by atoms with E-state index in [4.69, 9.17) is 13.6 Å². The van der Waals surface area contributed by atoms with Gasteiger partial charge in [0, 0.05) is 17.3 Å². The van der Waals surface area contributed by atoms with Gasteiger partial charge in [-0.25, -0.2) is 0 Å². The fourth-order valence-electron chi connectivity index (χ4n) is 2.95. The van der Waals surface area contributed by atoms with Crippen LogP contribution < -0.4 is 20.7 Å². The third-order valence-electron chi connectivity index (χ3n) is 4.62. The molecule has 3 amide bonds. The number of carbonyl (C=O) groups excluding carboxylic acids is 3. The van der Waals surface area contributed by atoms with Crippen LogP contribution in [0.1, 0.15) is 31.5 Å². The zero-order chi connectivity index (χ0) is 23.2. The summed E-state index contributed by atoms with van der Waals surface area (Å²) in [6.45, 7) is 0. The molecule has 0 unspecified atom stereocenters. The number of hydrogen-bond donors (Lipinski definition) is 3. The second kappa shape index (κ2) is 9.56. The Kier molecular flexibility index (Phi) is 6.21. The number of methoxy groups -OCH3 is 1. The second-order valence-electron chi connectivity index (χ2n) is 6.81. The predicted octanol–water partition coefficient (Wildman–Crippen LogP) is 4.64. The number of benzene rings is 2. The summed E-state index contributed by atoms with van der Waals surface area (Å²) in [5, 5.41) is 8.16. The van der Waals surface area contributed by atoms with E-state index in [1.165, 1.54) is 25.7 Å². The quantitative estimate of drug-likeness (QED) is 0.381. The Morgan fingerprint density at radius 2 is 1.30 bits per heavy atom. The van der Waals surface area contributed by atoms with Crippen molar-refractivity contribution in [2.24, 2.45) is 0 Å². The molecule has 166 valence electrons. The summed E-state index contributed by atoms with van der Waals surface area (Å²) in [5.41, 5.74) is 1.57. The van der Waals surface area contributed by atoms with Crippen LogP contribution in [-0.4, -0.2) is 24.8 Å². The van der Waals surface area contributed by atoms with Crippen LogP contribution in [-0.2, 0) is 0 Å². The Labute approximate surface area is 188 Å². The number of nitrogens with one attached hydrogen (secondary N) is 3. The van der Waals surface area contributed by atoms with Crippen molar-refractivity contribution in [3.8, 4) is 5.75 Å². The van der Waals surface area contributed by atoms with Crippen LogP contribution in [0.4, 0.5) is 17.1 Å². The maximum Gasteiger partial charge on any atom is 0.291 e. The molecule has 0 atom stereocenters. The molecule has 2 aromatic heterocycles. The molecule has 0 radical (unpaired) electrons. The van der Waals surface area contributed by atoms with E-state index < -0.39 is 17.7 Å². The Morgan fingerprint density at radius 1 is 0.697 bits per heavy atom. The van der Waals surface area contributed by atoms with Gasteiger partial charge in [-0.15, -0.1) is 0 Å². The molecule has 33 heavy (non-hydrogen) atoms. The van der Waals surface area contributed by atoms with E-state index in [2.05, 4.69) is 16.0 Å². The van der Waals surface area contributed by atoms with Gasteiger partial charge in [-0.1, -0.05) is 0 Å². The Balaban J connectivity index is 1.47. The maximum atomic E-state index is 12.8. The van der Waals surface area contributed by atoms with E-state index in [0.717, 1.165) is 0 Å². The Morgan fingerprint density at radius 3 is 1.88 bits per heavy atom. The van der Waals surface area contributed by atoms with Gasteiger partial charge >= 0.3 is 0 Å². The molecule has 0 aliphatic rings. The van der Waals surface area contributed by atoms with Gasteiger partial charge in [-0.05, 0) is 60.7 Å². The first kappa shape index (κ1) is 21.4. The van der Waals surface area contributed by atoms with Crippen molar-refractivity contribution in [2.45, 2.75) is 0 Å². The molecule has 0 bridgehead atoms. The van der Waals surface area contributed by atoms with Gasteiger partial charge in [0.25, 0.3) is 17.7 Å². The summed E-state index contributed by atoms with van der Waals surface area (Å²) >= 11 is 0. The monoisotopic (exact) mass is 445 g/mol. The van der Waals surface area contributed by atoms with Gasteiger partial charge < -0.3 is 29.5 Å². The fourth-order valence-corrected chi connectivity index (χ4v) is 2.95. The van der Waals surface area contributed by atoms with Gasteiger partial charge in [0.1, 0.15) is 5.75 Å². The molecule has 0 saturated carbocycles. The van der Waals surface area contributed by atoms with Gasteiger partial charge in [0.2, 0.25) is 0 Å². The molecular weight excluding hydrogens is 426 g/mol. The molecule has 0 spiro atoms. The topological polar surface area (TPSA) is 123 Å². The summed E-state index contributed by atoms with van der Waals surface area (Å²) in [6.07, 6.45) is 2.80. The minimum Gasteiger partial charge on any atom is -0.497 e. The number of amides is 3. The molecule has 0 fully saturated rings. The molecule has 2 heterocycles. The zero-order valence-electron chi connectivity index (χ0n) is 17.5. The molecule has 9 heteroatoms. The van der Waals surface area contributed by atoms with Crippen molar-refractivity contribution in [1.29, 1.82) is 0 Å². The summed E-state index contributed by atoms with van der Waals surface area (Å²) in [7, 11) is 1.50. The highest BCUT2D eigenvalue weighted by Crippen LogP contribution is 2.28. The number of ether oxygens (including phenoxy) is 1. The van der Waals surface area contributed by atoms with E-state index in [1.807, 2.05) is 0 Å². The van der Waals surface area contributed by atoms with Crippen LogP contribution in [0.5, 0.6) is 5.75 Å². The standard InChI is InChI=1S/C24H19N3O6/c1-31-17-10-11-18(19(14-17)27-24(30)21-5-3-13-33-21)26-22(28)15-6-8-16(9-7-15)25-23(29)20-4-2-12-32-20/h2-14H,1H3,(H,25,29)(H,26,28)(H,27,30). The van der Waals surface area contributed by atoms with Gasteiger partial charge in [0.15, 0.2) is 11.5 Å². The third-order valence-corrected chi connectivity index (χ3v) is 4.62. The third kappa shape index (κ3) is 5.10. The average Bonchev–Trinajstić information content (AvgIpc) is 3.55. The normalized spacial score (nSPS) is 10.3. The number of anilines is 3. The van der Waals surface area contributed by atoms with E-state index in [9.17, 15) is 14.4 Å². The first-order valence-electron chi connectivity index (χ1n) is 9.82. The van der Waals surface area contributed by atoms with Gasteiger partial charge in [-0.3, -0.25) is 14.4 Å². The minimum atomic E-state index is -0.472. The molecule has 0 saturated heterocycles. The maximum absolute atomic E-state index is 12.8. The van der Waals surface area contributed by atoms with Gasteiger partial charge in [0.05, 0.1) is 31.0 Å². The van der Waals surface area contributed by atoms with Crippen molar-refractivity contribution < 1.29 is 28.0 Å². The summed E-state index contributed by atoms with van der Waals surface area (Å²) < 4.78 is 15.4. The smallest absolute Gasteiger partial charge is 0.291 e. The van der Waals surface area contributed by atoms with Crippen LogP contribution in [0.2, 0.25) is 0 Å². The average molecular weight is 445 g/mol. The summed E-state index contributed by atoms with van der Waals surface area (Å²) in [6, 6.07) is 17.5. The summed E-state index contributed by atoms with van der Waals surface area (Å²) in [4.78, 5) is 37.2. The minimum absolute atomic E-state index is 0.127. The van der Waals surface area contributed by atoms with Crippen LogP contribution >= 0.6 is 0 Å². The van der Waals surface area contributed by atoms with Crippen molar-refractivity contribution in [3.63, 3.8) is 0 Å². The van der Waals surface area contributed by atoms with Crippen LogP contribution in [0.25, 0.3) is 0 Å². The SMILES string of the molecule is COc1ccc(NC(=O)c2ccc(NC(=O)c3ccco3)cc2)c(NC(=O)c2ccco2)c1. The highest BCUT2D eigenvalue weighted by Gasteiger charge is 2.15. The number of furan rings is 2. The van der Waals surface area contributed by atoms with Crippen molar-refractivity contribution in [3.05, 3.63) is 96.3 Å². The molecule has 0 aliphatic carbocycles. The molecule has 0 aliphatic heterocycles. The van der Waals surface area contributed by atoms with Crippen molar-refractivity contribution in [1.82, 2.24) is 0 Å². The molecular formula is C24H19N3O6. The molecule has 4 aromatic rings. The largest absolute Gasteiger partial charge is 0.497 e. The fraction of sp³-hybridized carbons (Fsp3) is 0.0417. The van der Waals surface area contributed by atoms with Crippen molar-refractivity contribution in [2.75, 3.05) is 23.1 Å². The number of carbonyl (C=O) groups is 3. The lowest BCUT2D eigenvalue weighted by Crippen LogP contribution is -2.17. The first-order valence-corrected chi connectivity index (χ1v) is 9.82. The van der Waals surface area contributed by atoms with E-state index in [1.54, 1.807) is 60.7 Å². The van der Waals surface area contributed by atoms with Crippen molar-refractivity contribution >= 4 is 34.8 Å². The Hall–Kier alpha value is -4.79. The number of hydrogen-bond acceptors (Lipinski definition) is 6. The lowest BCUT2D eigenvalue weighted by atomic mass is 10.1. The van der Waals surface area contributed by atoms with E-state index >= 15 is 0 Å². The predicted molar refractivity (Wildman–Crippen MR) is 121 cm³/mol. The number of rotatable bonds is 7. The molecule has 3 N–H and O–H groups in total. The highest BCUT2D eigenvalue weighted by atomic mass is 16.5. The zero-order valence-corrected chi connectivity index (χ0v) is 17.5. The highest BCUT2D eigenvalue weighted by molar-refractivity contribution is 6.09. The van der Waals surface area contributed by atoms with Crippen LogP contribution in [0, 0.1) is 0 Å². The molecule has 2 aromatic carbocycles. The Bertz CT molecular complexity index is 1260. The first-order chi connectivity index (χ1) is 16.0. The van der Waals surface area contributed by atoms with Crippen LogP contribution in [0.15, 0.2) is 88.1 Å². The summed E-state index contributed by atoms with van der Waals surface area (Å²) in [5.74, 6) is -0.465. The lowest BCUT2D eigenvalue weighted by molar-refractivity contribution is 0.0989. The van der Waals surface area contributed by atoms with Gasteiger partial charge in [-0.2, -0.15) is 0 Å². The lowest BCUT2D eigenvalue weighted by Gasteiger charge is -2.13. The molecule has 4 rings (SSSR count). The van der Waals surface area contributed by atoms with Crippen LogP contribution in [0.3, 0.4) is 0 Å². The molecule has 9 nitrogen and oxygen atoms in total. The second-order valence-corrected chi connectivity index (χ2v) is 6.81.